The van der Waals surface area contributed by atoms with Crippen LogP contribution in [0.25, 0.3) is 21.9 Å². The third-order valence-corrected chi connectivity index (χ3v) is 4.29. The Morgan fingerprint density at radius 1 is 1.16 bits per heavy atom. The van der Waals surface area contributed by atoms with Crippen LogP contribution in [0.2, 0.25) is 0 Å². The highest BCUT2D eigenvalue weighted by Crippen LogP contribution is 2.17. The second-order valence-corrected chi connectivity index (χ2v) is 6.05. The molecule has 0 fully saturated rings. The first-order valence-corrected chi connectivity index (χ1v) is 8.36. The van der Waals surface area contributed by atoms with E-state index in [1.54, 1.807) is 4.68 Å². The first-order valence-electron chi connectivity index (χ1n) is 8.36. The molecule has 6 heteroatoms. The number of hydrogen-bond donors (Lipinski definition) is 2. The molecule has 4 rings (SSSR count). The fourth-order valence-corrected chi connectivity index (χ4v) is 3.05. The maximum absolute atomic E-state index is 12.4. The summed E-state index contributed by atoms with van der Waals surface area (Å²) in [5.41, 5.74) is 3.44. The number of benzene rings is 2. The molecule has 0 bridgehead atoms. The summed E-state index contributed by atoms with van der Waals surface area (Å²) < 4.78 is 1.73. The second kappa shape index (κ2) is 6.39. The van der Waals surface area contributed by atoms with Crippen LogP contribution in [0.1, 0.15) is 22.7 Å². The molecule has 0 radical (unpaired) electrons. The van der Waals surface area contributed by atoms with Crippen LogP contribution < -0.4 is 5.32 Å². The summed E-state index contributed by atoms with van der Waals surface area (Å²) in [4.78, 5) is 20.3. The Balaban J connectivity index is 1.37. The zero-order chi connectivity index (χ0) is 17.2. The molecule has 0 aliphatic heterocycles. The number of amides is 1. The molecule has 2 aromatic carbocycles. The van der Waals surface area contributed by atoms with Crippen molar-refractivity contribution in [3.63, 3.8) is 0 Å². The summed E-state index contributed by atoms with van der Waals surface area (Å²) in [7, 11) is 1.85. The van der Waals surface area contributed by atoms with Crippen LogP contribution in [0.3, 0.4) is 0 Å². The zero-order valence-corrected chi connectivity index (χ0v) is 14.0. The van der Waals surface area contributed by atoms with E-state index >= 15 is 0 Å². The summed E-state index contributed by atoms with van der Waals surface area (Å²) >= 11 is 0. The van der Waals surface area contributed by atoms with Gasteiger partial charge in [-0.2, -0.15) is 5.10 Å². The van der Waals surface area contributed by atoms with Gasteiger partial charge >= 0.3 is 0 Å². The van der Waals surface area contributed by atoms with Crippen molar-refractivity contribution in [2.45, 2.75) is 12.8 Å². The highest BCUT2D eigenvalue weighted by molar-refractivity contribution is 6.04. The lowest BCUT2D eigenvalue weighted by Crippen LogP contribution is -2.25. The van der Waals surface area contributed by atoms with E-state index in [1.807, 2.05) is 55.6 Å². The zero-order valence-electron chi connectivity index (χ0n) is 14.0. The van der Waals surface area contributed by atoms with Gasteiger partial charge in [0.2, 0.25) is 0 Å². The Hall–Kier alpha value is -3.15. The molecule has 1 amide bonds. The number of carbonyl (C=O) groups is 1. The van der Waals surface area contributed by atoms with E-state index in [0.717, 1.165) is 40.6 Å². The van der Waals surface area contributed by atoms with Crippen LogP contribution >= 0.6 is 0 Å². The molecule has 0 atom stereocenters. The van der Waals surface area contributed by atoms with Gasteiger partial charge in [-0.05, 0) is 24.6 Å². The van der Waals surface area contributed by atoms with Gasteiger partial charge in [0.15, 0.2) is 5.69 Å². The number of imidazole rings is 1. The number of aromatic nitrogens is 4. The van der Waals surface area contributed by atoms with Gasteiger partial charge in [-0.15, -0.1) is 0 Å². The number of H-pyrrole nitrogens is 1. The third kappa shape index (κ3) is 2.98. The normalized spacial score (nSPS) is 11.2. The van der Waals surface area contributed by atoms with Gasteiger partial charge in [0.1, 0.15) is 5.82 Å². The number of nitrogens with one attached hydrogen (secondary N) is 2. The lowest BCUT2D eigenvalue weighted by molar-refractivity contribution is 0.0949. The van der Waals surface area contributed by atoms with E-state index < -0.39 is 0 Å². The number of fused-ring (bicyclic) bond motifs is 2. The molecule has 6 nitrogen and oxygen atoms in total. The minimum absolute atomic E-state index is 0.138. The molecule has 2 aromatic heterocycles. The summed E-state index contributed by atoms with van der Waals surface area (Å²) in [6.07, 6.45) is 1.61. The lowest BCUT2D eigenvalue weighted by atomic mass is 10.2. The number of nitrogens with zero attached hydrogens (tertiary/aromatic N) is 3. The Kier molecular flexibility index (Phi) is 3.93. The fraction of sp³-hybridized carbons (Fsp3) is 0.211. The predicted molar refractivity (Wildman–Crippen MR) is 97.5 cm³/mol. The van der Waals surface area contributed by atoms with Crippen LogP contribution in [-0.4, -0.2) is 32.2 Å². The Labute approximate surface area is 144 Å². The molecule has 0 aliphatic rings. The van der Waals surface area contributed by atoms with Crippen LogP contribution in [0.15, 0.2) is 48.5 Å². The van der Waals surface area contributed by atoms with Crippen LogP contribution in [-0.2, 0) is 13.5 Å². The predicted octanol–water partition coefficient (Wildman–Crippen LogP) is 2.81. The maximum atomic E-state index is 12.4. The molecule has 0 saturated heterocycles. The number of rotatable bonds is 5. The van der Waals surface area contributed by atoms with Crippen molar-refractivity contribution in [1.82, 2.24) is 25.1 Å². The first kappa shape index (κ1) is 15.4. The molecule has 2 heterocycles. The van der Waals surface area contributed by atoms with E-state index in [0.29, 0.717) is 12.2 Å². The van der Waals surface area contributed by atoms with Crippen molar-refractivity contribution in [3.05, 3.63) is 60.0 Å². The smallest absolute Gasteiger partial charge is 0.272 e. The van der Waals surface area contributed by atoms with Crippen LogP contribution in [0.5, 0.6) is 0 Å². The van der Waals surface area contributed by atoms with Crippen molar-refractivity contribution in [1.29, 1.82) is 0 Å². The van der Waals surface area contributed by atoms with Gasteiger partial charge in [-0.25, -0.2) is 4.98 Å². The molecule has 0 spiro atoms. The Morgan fingerprint density at radius 3 is 2.84 bits per heavy atom. The average molecular weight is 333 g/mol. The average Bonchev–Trinajstić information content (AvgIpc) is 3.20. The first-order chi connectivity index (χ1) is 12.2. The highest BCUT2D eigenvalue weighted by Gasteiger charge is 2.15. The molecule has 126 valence electrons. The number of carbonyl (C=O) groups excluding carboxylic acids is 1. The topological polar surface area (TPSA) is 75.6 Å². The summed E-state index contributed by atoms with van der Waals surface area (Å²) in [6, 6.07) is 15.7. The number of aromatic amines is 1. The molecule has 4 aromatic rings. The molecular weight excluding hydrogens is 314 g/mol. The standard InChI is InChI=1S/C19H19N5O/c1-24-16-10-5-2-7-13(16)18(23-24)19(25)20-12-6-11-17-21-14-8-3-4-9-15(14)22-17/h2-5,7-10H,6,11-12H2,1H3,(H,20,25)(H,21,22). The van der Waals surface area contributed by atoms with Gasteiger partial charge in [0.05, 0.1) is 16.6 Å². The van der Waals surface area contributed by atoms with Crippen LogP contribution in [0, 0.1) is 0 Å². The number of hydrogen-bond acceptors (Lipinski definition) is 3. The van der Waals surface area contributed by atoms with Gasteiger partial charge in [0.25, 0.3) is 5.91 Å². The summed E-state index contributed by atoms with van der Waals surface area (Å²) in [6.45, 7) is 0.584. The molecule has 25 heavy (non-hydrogen) atoms. The number of aryl methyl sites for hydroxylation is 2. The van der Waals surface area contributed by atoms with Gasteiger partial charge in [-0.3, -0.25) is 9.48 Å². The monoisotopic (exact) mass is 333 g/mol. The van der Waals surface area contributed by atoms with Crippen molar-refractivity contribution >= 4 is 27.8 Å². The van der Waals surface area contributed by atoms with E-state index in [9.17, 15) is 4.79 Å². The maximum Gasteiger partial charge on any atom is 0.272 e. The van der Waals surface area contributed by atoms with E-state index in [-0.39, 0.29) is 5.91 Å². The molecule has 2 N–H and O–H groups in total. The quantitative estimate of drug-likeness (QED) is 0.551. The fourth-order valence-electron chi connectivity index (χ4n) is 3.05. The largest absolute Gasteiger partial charge is 0.351 e. The Bertz CT molecular complexity index is 1010. The molecule has 0 aliphatic carbocycles. The highest BCUT2D eigenvalue weighted by atomic mass is 16.1. The summed E-state index contributed by atoms with van der Waals surface area (Å²) in [5, 5.41) is 8.17. The molecule has 0 unspecified atom stereocenters. The van der Waals surface area contributed by atoms with Crippen molar-refractivity contribution in [2.75, 3.05) is 6.54 Å². The van der Waals surface area contributed by atoms with E-state index in [4.69, 9.17) is 0 Å². The van der Waals surface area contributed by atoms with Crippen molar-refractivity contribution < 1.29 is 4.79 Å². The molecule has 0 saturated carbocycles. The minimum Gasteiger partial charge on any atom is -0.351 e. The third-order valence-electron chi connectivity index (χ3n) is 4.29. The second-order valence-electron chi connectivity index (χ2n) is 6.05. The lowest BCUT2D eigenvalue weighted by Gasteiger charge is -2.02. The van der Waals surface area contributed by atoms with E-state index in [2.05, 4.69) is 20.4 Å². The van der Waals surface area contributed by atoms with Crippen molar-refractivity contribution in [3.8, 4) is 0 Å². The van der Waals surface area contributed by atoms with Crippen LogP contribution in [0.4, 0.5) is 0 Å². The minimum atomic E-state index is -0.138. The summed E-state index contributed by atoms with van der Waals surface area (Å²) in [5.74, 6) is 0.806. The molecular formula is C19H19N5O. The number of para-hydroxylation sites is 3. The SMILES string of the molecule is Cn1nc(C(=O)NCCCc2nc3ccccc3[nH]2)c2ccccc21. The van der Waals surface area contributed by atoms with Gasteiger partial charge in [0, 0.05) is 25.4 Å². The van der Waals surface area contributed by atoms with Crippen molar-refractivity contribution in [2.24, 2.45) is 7.05 Å². The Morgan fingerprint density at radius 2 is 1.96 bits per heavy atom. The van der Waals surface area contributed by atoms with Gasteiger partial charge < -0.3 is 10.3 Å². The van der Waals surface area contributed by atoms with E-state index in [1.165, 1.54) is 0 Å². The van der Waals surface area contributed by atoms with Gasteiger partial charge in [-0.1, -0.05) is 30.3 Å².